The first-order valence-electron chi connectivity index (χ1n) is 11.4. The highest BCUT2D eigenvalue weighted by molar-refractivity contribution is 7.89. The van der Waals surface area contributed by atoms with Gasteiger partial charge in [0.1, 0.15) is 5.69 Å². The summed E-state index contributed by atoms with van der Waals surface area (Å²) in [6.07, 6.45) is 9.58. The molecule has 1 fully saturated rings. The number of rotatable bonds is 5. The van der Waals surface area contributed by atoms with E-state index in [0.717, 1.165) is 86.6 Å². The van der Waals surface area contributed by atoms with Gasteiger partial charge < -0.3 is 5.32 Å². The summed E-state index contributed by atoms with van der Waals surface area (Å²) in [7, 11) is -1.73. The van der Waals surface area contributed by atoms with Gasteiger partial charge in [0.2, 0.25) is 10.0 Å². The second-order valence-electron chi connectivity index (χ2n) is 9.13. The Balaban J connectivity index is 1.37. The number of hydrogen-bond donors (Lipinski definition) is 2. The van der Waals surface area contributed by atoms with E-state index in [2.05, 4.69) is 15.1 Å². The third-order valence-electron chi connectivity index (χ3n) is 7.02. The van der Waals surface area contributed by atoms with Crippen molar-refractivity contribution in [3.63, 3.8) is 0 Å². The number of nitrogens with one attached hydrogen (secondary N) is 2. The first-order valence-corrected chi connectivity index (χ1v) is 12.9. The van der Waals surface area contributed by atoms with Gasteiger partial charge in [-0.15, -0.1) is 0 Å². The second-order valence-corrected chi connectivity index (χ2v) is 10.8. The monoisotopic (exact) mass is 442 g/mol. The van der Waals surface area contributed by atoms with Crippen molar-refractivity contribution in [3.05, 3.63) is 46.3 Å². The molecule has 0 radical (unpaired) electrons. The third kappa shape index (κ3) is 3.91. The van der Waals surface area contributed by atoms with Gasteiger partial charge in [0.05, 0.1) is 16.6 Å². The van der Waals surface area contributed by atoms with E-state index in [1.807, 2.05) is 13.1 Å². The molecule has 1 aromatic heterocycles. The zero-order valence-electron chi connectivity index (χ0n) is 18.0. The molecule has 0 bridgehead atoms. The summed E-state index contributed by atoms with van der Waals surface area (Å²) in [5.74, 6) is -0.117. The summed E-state index contributed by atoms with van der Waals surface area (Å²) in [5.41, 5.74) is 4.78. The molecule has 2 aromatic rings. The molecule has 2 N–H and O–H groups in total. The zero-order valence-corrected chi connectivity index (χ0v) is 18.8. The van der Waals surface area contributed by atoms with Crippen LogP contribution in [0.25, 0.3) is 0 Å². The first-order chi connectivity index (χ1) is 14.9. The van der Waals surface area contributed by atoms with E-state index in [-0.39, 0.29) is 22.9 Å². The van der Waals surface area contributed by atoms with Crippen molar-refractivity contribution < 1.29 is 13.2 Å². The lowest BCUT2D eigenvalue weighted by molar-refractivity contribution is 0.0926. The van der Waals surface area contributed by atoms with Crippen molar-refractivity contribution >= 4 is 15.9 Å². The molecule has 1 atom stereocenters. The highest BCUT2D eigenvalue weighted by Crippen LogP contribution is 2.34. The van der Waals surface area contributed by atoms with Crippen LogP contribution in [0.5, 0.6) is 0 Å². The Kier molecular flexibility index (Phi) is 5.38. The number of aromatic nitrogens is 2. The molecule has 5 rings (SSSR count). The lowest BCUT2D eigenvalue weighted by Gasteiger charge is -2.18. The molecule has 0 aliphatic heterocycles. The van der Waals surface area contributed by atoms with Crippen LogP contribution >= 0.6 is 0 Å². The Morgan fingerprint density at radius 2 is 1.84 bits per heavy atom. The lowest BCUT2D eigenvalue weighted by Crippen LogP contribution is -2.33. The predicted molar refractivity (Wildman–Crippen MR) is 117 cm³/mol. The zero-order chi connectivity index (χ0) is 21.6. The van der Waals surface area contributed by atoms with E-state index in [0.29, 0.717) is 5.69 Å². The summed E-state index contributed by atoms with van der Waals surface area (Å²) in [4.78, 5) is 13.5. The number of benzene rings is 1. The number of sulfonamides is 1. The molecular formula is C23H30N4O3S. The molecule has 31 heavy (non-hydrogen) atoms. The number of fused-ring (bicyclic) bond motifs is 2. The second kappa shape index (κ2) is 8.06. The minimum Gasteiger partial charge on any atom is -0.344 e. The van der Waals surface area contributed by atoms with Crippen molar-refractivity contribution in [2.75, 3.05) is 0 Å². The molecule has 8 heteroatoms. The van der Waals surface area contributed by atoms with Crippen LogP contribution in [0.4, 0.5) is 0 Å². The van der Waals surface area contributed by atoms with E-state index < -0.39 is 10.0 Å². The van der Waals surface area contributed by atoms with Gasteiger partial charge in [-0.2, -0.15) is 5.10 Å². The fourth-order valence-corrected chi connectivity index (χ4v) is 6.76. The Hall–Kier alpha value is -2.19. The van der Waals surface area contributed by atoms with Gasteiger partial charge >= 0.3 is 0 Å². The first kappa shape index (κ1) is 20.7. The van der Waals surface area contributed by atoms with Crippen LogP contribution in [0.3, 0.4) is 0 Å². The molecular weight excluding hydrogens is 412 g/mol. The summed E-state index contributed by atoms with van der Waals surface area (Å²) in [6, 6.07) is 5.20. The normalized spacial score (nSPS) is 21.1. The molecule has 1 heterocycles. The fourth-order valence-electron chi connectivity index (χ4n) is 5.42. The van der Waals surface area contributed by atoms with Crippen LogP contribution in [-0.4, -0.2) is 30.1 Å². The minimum absolute atomic E-state index is 0.0322. The van der Waals surface area contributed by atoms with Crippen LogP contribution in [0, 0.1) is 0 Å². The Labute approximate surface area is 183 Å². The highest BCUT2D eigenvalue weighted by atomic mass is 32.2. The molecule has 3 aliphatic rings. The van der Waals surface area contributed by atoms with Gasteiger partial charge in [0, 0.05) is 18.7 Å². The molecule has 166 valence electrons. The summed E-state index contributed by atoms with van der Waals surface area (Å²) in [5, 5.41) is 7.72. The SMILES string of the molecule is Cn1nc2c(c1C(=O)NC1CCc3ccc(S(=O)(=O)NC4CCCC4)cc31)CCCC2. The number of carbonyl (C=O) groups excluding carboxylic acids is 1. The third-order valence-corrected chi connectivity index (χ3v) is 8.54. The molecule has 1 unspecified atom stereocenters. The smallest absolute Gasteiger partial charge is 0.270 e. The van der Waals surface area contributed by atoms with Gasteiger partial charge in [-0.05, 0) is 74.6 Å². The Morgan fingerprint density at radius 3 is 2.65 bits per heavy atom. The summed E-state index contributed by atoms with van der Waals surface area (Å²) >= 11 is 0. The maximum absolute atomic E-state index is 13.2. The van der Waals surface area contributed by atoms with Crippen LogP contribution in [0.15, 0.2) is 23.1 Å². The molecule has 1 amide bonds. The summed E-state index contributed by atoms with van der Waals surface area (Å²) < 4.78 is 30.4. The molecule has 1 aromatic carbocycles. The van der Waals surface area contributed by atoms with Crippen molar-refractivity contribution in [2.45, 2.75) is 81.2 Å². The van der Waals surface area contributed by atoms with Gasteiger partial charge in [0.15, 0.2) is 0 Å². The van der Waals surface area contributed by atoms with Crippen molar-refractivity contribution in [1.29, 1.82) is 0 Å². The topological polar surface area (TPSA) is 93.1 Å². The van der Waals surface area contributed by atoms with Gasteiger partial charge in [-0.3, -0.25) is 9.48 Å². The number of carbonyl (C=O) groups is 1. The minimum atomic E-state index is -3.56. The van der Waals surface area contributed by atoms with Crippen LogP contribution in [-0.2, 0) is 36.3 Å². The van der Waals surface area contributed by atoms with Gasteiger partial charge in [-0.1, -0.05) is 18.9 Å². The van der Waals surface area contributed by atoms with Crippen LogP contribution < -0.4 is 10.0 Å². The molecule has 0 saturated heterocycles. The van der Waals surface area contributed by atoms with Gasteiger partial charge in [0.25, 0.3) is 5.91 Å². The maximum Gasteiger partial charge on any atom is 0.270 e. The van der Waals surface area contributed by atoms with E-state index in [9.17, 15) is 13.2 Å². The number of nitrogens with zero attached hydrogens (tertiary/aromatic N) is 2. The van der Waals surface area contributed by atoms with E-state index in [1.54, 1.807) is 16.8 Å². The predicted octanol–water partition coefficient (Wildman–Crippen LogP) is 2.94. The van der Waals surface area contributed by atoms with Crippen molar-refractivity contribution in [1.82, 2.24) is 19.8 Å². The van der Waals surface area contributed by atoms with Crippen molar-refractivity contribution in [2.24, 2.45) is 7.05 Å². The molecule has 7 nitrogen and oxygen atoms in total. The van der Waals surface area contributed by atoms with Crippen LogP contribution in [0.1, 0.15) is 83.9 Å². The fraction of sp³-hybridized carbons (Fsp3) is 0.565. The molecule has 1 saturated carbocycles. The average Bonchev–Trinajstić information content (AvgIpc) is 3.46. The quantitative estimate of drug-likeness (QED) is 0.745. The van der Waals surface area contributed by atoms with E-state index in [1.165, 1.54) is 0 Å². The number of amides is 1. The largest absolute Gasteiger partial charge is 0.344 e. The summed E-state index contributed by atoms with van der Waals surface area (Å²) in [6.45, 7) is 0. The van der Waals surface area contributed by atoms with Gasteiger partial charge in [-0.25, -0.2) is 13.1 Å². The van der Waals surface area contributed by atoms with E-state index >= 15 is 0 Å². The number of hydrogen-bond acceptors (Lipinski definition) is 4. The van der Waals surface area contributed by atoms with E-state index in [4.69, 9.17) is 0 Å². The Bertz CT molecular complexity index is 1120. The molecule has 3 aliphatic carbocycles. The molecule has 0 spiro atoms. The lowest BCUT2D eigenvalue weighted by atomic mass is 9.95. The standard InChI is InChI=1S/C23H30N4O3S/c1-27-22(18-8-4-5-9-21(18)25-27)23(28)24-20-13-11-15-10-12-17(14-19(15)20)31(29,30)26-16-6-2-3-7-16/h10,12,14,16,20,26H,2-9,11,13H2,1H3,(H,24,28). The maximum atomic E-state index is 13.2. The average molecular weight is 443 g/mol. The van der Waals surface area contributed by atoms with Crippen molar-refractivity contribution in [3.8, 4) is 0 Å². The highest BCUT2D eigenvalue weighted by Gasteiger charge is 2.30. The number of aryl methyl sites for hydroxylation is 3. The Morgan fingerprint density at radius 1 is 1.06 bits per heavy atom. The van der Waals surface area contributed by atoms with Crippen LogP contribution in [0.2, 0.25) is 0 Å².